The number of rotatable bonds is 6. The first-order valence-corrected chi connectivity index (χ1v) is 15.1. The predicted molar refractivity (Wildman–Crippen MR) is 148 cm³/mol. The Labute approximate surface area is 215 Å². The molecule has 0 saturated heterocycles. The van der Waals surface area contributed by atoms with Gasteiger partial charge in [-0.3, -0.25) is 0 Å². The molecular formula is C33H49Cl. The van der Waals surface area contributed by atoms with E-state index >= 15 is 0 Å². The third kappa shape index (κ3) is 4.23. The Morgan fingerprint density at radius 3 is 2.44 bits per heavy atom. The summed E-state index contributed by atoms with van der Waals surface area (Å²) in [6.45, 7) is 12.8. The summed E-state index contributed by atoms with van der Waals surface area (Å²) in [7, 11) is 0. The van der Waals surface area contributed by atoms with E-state index in [9.17, 15) is 0 Å². The highest BCUT2D eigenvalue weighted by Gasteiger charge is 2.60. The summed E-state index contributed by atoms with van der Waals surface area (Å²) in [5.74, 6) is 6.46. The first-order chi connectivity index (χ1) is 16.2. The van der Waals surface area contributed by atoms with Crippen LogP contribution in [0.15, 0.2) is 30.3 Å². The van der Waals surface area contributed by atoms with Crippen LogP contribution < -0.4 is 0 Å². The van der Waals surface area contributed by atoms with Crippen molar-refractivity contribution in [3.8, 4) is 0 Å². The van der Waals surface area contributed by atoms with E-state index in [0.717, 1.165) is 46.4 Å². The van der Waals surface area contributed by atoms with Crippen LogP contribution in [0.1, 0.15) is 111 Å². The van der Waals surface area contributed by atoms with Crippen LogP contribution in [0, 0.1) is 52.3 Å². The van der Waals surface area contributed by atoms with E-state index in [2.05, 4.69) is 65.0 Å². The van der Waals surface area contributed by atoms with Crippen molar-refractivity contribution in [3.05, 3.63) is 40.9 Å². The maximum Gasteiger partial charge on any atom is 0.0481 e. The van der Waals surface area contributed by atoms with Crippen molar-refractivity contribution in [3.63, 3.8) is 0 Å². The highest BCUT2D eigenvalue weighted by Crippen LogP contribution is 2.68. The molecular weight excluding hydrogens is 432 g/mol. The monoisotopic (exact) mass is 480 g/mol. The fourth-order valence-electron chi connectivity index (χ4n) is 9.85. The molecule has 5 rings (SSSR count). The van der Waals surface area contributed by atoms with Crippen LogP contribution in [-0.2, 0) is 0 Å². The van der Waals surface area contributed by atoms with Crippen LogP contribution >= 0.6 is 11.6 Å². The van der Waals surface area contributed by atoms with Crippen LogP contribution in [0.2, 0.25) is 5.02 Å². The largest absolute Gasteiger partial charge is 0.0837 e. The summed E-state index contributed by atoms with van der Waals surface area (Å²) in [5.41, 5.74) is 3.91. The first kappa shape index (κ1) is 24.9. The smallest absolute Gasteiger partial charge is 0.0481 e. The summed E-state index contributed by atoms with van der Waals surface area (Å²) in [5, 5.41) is 0.930. The minimum atomic E-state index is 0.496. The van der Waals surface area contributed by atoms with Gasteiger partial charge in [-0.15, -0.1) is 0 Å². The number of benzene rings is 1. The number of fused-ring (bicyclic) bond motifs is 5. The van der Waals surface area contributed by atoms with E-state index in [1.807, 2.05) is 0 Å². The zero-order valence-corrected chi connectivity index (χ0v) is 23.3. The van der Waals surface area contributed by atoms with Crippen molar-refractivity contribution >= 4 is 17.2 Å². The molecule has 0 radical (unpaired) electrons. The second kappa shape index (κ2) is 9.61. The molecule has 0 heterocycles. The van der Waals surface area contributed by atoms with Crippen molar-refractivity contribution in [1.82, 2.24) is 0 Å². The number of allylic oxidation sites excluding steroid dienone is 2. The van der Waals surface area contributed by atoms with Gasteiger partial charge in [-0.05, 0) is 121 Å². The van der Waals surface area contributed by atoms with Gasteiger partial charge in [-0.1, -0.05) is 89.8 Å². The van der Waals surface area contributed by atoms with Crippen LogP contribution in [0.25, 0.3) is 5.57 Å². The molecule has 0 aliphatic heterocycles. The Morgan fingerprint density at radius 1 is 0.912 bits per heavy atom. The van der Waals surface area contributed by atoms with Crippen LogP contribution in [0.5, 0.6) is 0 Å². The highest BCUT2D eigenvalue weighted by atomic mass is 35.5. The molecule has 188 valence electrons. The summed E-state index contributed by atoms with van der Waals surface area (Å²) >= 11 is 6.60. The number of halogens is 1. The quantitative estimate of drug-likeness (QED) is 0.379. The zero-order chi connectivity index (χ0) is 24.1. The van der Waals surface area contributed by atoms with Crippen molar-refractivity contribution in [2.24, 2.45) is 52.3 Å². The summed E-state index contributed by atoms with van der Waals surface area (Å²) < 4.78 is 0. The van der Waals surface area contributed by atoms with Gasteiger partial charge in [-0.2, -0.15) is 0 Å². The Hall–Kier alpha value is -0.750. The van der Waals surface area contributed by atoms with Crippen molar-refractivity contribution in [1.29, 1.82) is 0 Å². The molecule has 0 nitrogen and oxygen atoms in total. The molecule has 34 heavy (non-hydrogen) atoms. The van der Waals surface area contributed by atoms with Crippen LogP contribution in [0.4, 0.5) is 0 Å². The summed E-state index contributed by atoms with van der Waals surface area (Å²) in [6.07, 6.45) is 18.3. The molecule has 1 aromatic rings. The van der Waals surface area contributed by atoms with E-state index in [-0.39, 0.29) is 0 Å². The topological polar surface area (TPSA) is 0 Å². The zero-order valence-electron chi connectivity index (χ0n) is 22.6. The molecule has 0 aromatic heterocycles. The third-order valence-electron chi connectivity index (χ3n) is 11.7. The van der Waals surface area contributed by atoms with E-state index in [0.29, 0.717) is 10.8 Å². The van der Waals surface area contributed by atoms with Gasteiger partial charge in [0.2, 0.25) is 0 Å². The molecule has 0 spiro atoms. The van der Waals surface area contributed by atoms with Crippen LogP contribution in [0.3, 0.4) is 0 Å². The molecule has 1 aromatic carbocycles. The molecule has 0 bridgehead atoms. The van der Waals surface area contributed by atoms with Gasteiger partial charge < -0.3 is 0 Å². The lowest BCUT2D eigenvalue weighted by Gasteiger charge is -2.60. The molecule has 0 amide bonds. The molecule has 8 atom stereocenters. The standard InChI is InChI=1S/C33H49Cl/c1-22(2)9-8-10-23(3)28-15-16-29-27-14-13-25-21-24(26-11-6-7-12-31(26)34)17-19-32(25,4)30(27)18-20-33(28,29)5/h6-7,11-12,17,22-23,25,27-30H,8-10,13-16,18-21H2,1-5H3/t23-,25-,27+,28-,29+,30+,32-,33+/m0/s1. The molecule has 0 N–H and O–H groups in total. The van der Waals surface area contributed by atoms with Gasteiger partial charge in [0.05, 0.1) is 0 Å². The van der Waals surface area contributed by atoms with Crippen LogP contribution in [-0.4, -0.2) is 0 Å². The third-order valence-corrected chi connectivity index (χ3v) is 12.1. The summed E-state index contributed by atoms with van der Waals surface area (Å²) in [4.78, 5) is 0. The predicted octanol–water partition coefficient (Wildman–Crippen LogP) is 10.5. The lowest BCUT2D eigenvalue weighted by Crippen LogP contribution is -2.52. The van der Waals surface area contributed by atoms with Gasteiger partial charge in [0.25, 0.3) is 0 Å². The summed E-state index contributed by atoms with van der Waals surface area (Å²) in [6, 6.07) is 8.50. The molecule has 3 fully saturated rings. The van der Waals surface area contributed by atoms with Gasteiger partial charge >= 0.3 is 0 Å². The second-order valence-electron chi connectivity index (χ2n) is 13.8. The van der Waals surface area contributed by atoms with Gasteiger partial charge in [-0.25, -0.2) is 0 Å². The van der Waals surface area contributed by atoms with Crippen molar-refractivity contribution in [2.45, 2.75) is 105 Å². The molecule has 0 unspecified atom stereocenters. The lowest BCUT2D eigenvalue weighted by atomic mass is 9.44. The molecule has 3 saturated carbocycles. The Morgan fingerprint density at radius 2 is 1.68 bits per heavy atom. The number of hydrogen-bond donors (Lipinski definition) is 0. The van der Waals surface area contributed by atoms with E-state index in [4.69, 9.17) is 11.6 Å². The van der Waals surface area contributed by atoms with E-state index in [1.54, 1.807) is 0 Å². The second-order valence-corrected chi connectivity index (χ2v) is 14.2. The van der Waals surface area contributed by atoms with Crippen molar-refractivity contribution in [2.75, 3.05) is 0 Å². The minimum absolute atomic E-state index is 0.496. The SMILES string of the molecule is CC(C)CCC[C@H](C)[C@@H]1CC[C@@H]2[C@H]3CC[C@H]4CC(c5ccccc5Cl)=CC[C@]4(C)[C@@H]3CC[C@@]21C. The minimum Gasteiger partial charge on any atom is -0.0837 e. The molecule has 1 heteroatoms. The number of hydrogen-bond acceptors (Lipinski definition) is 0. The maximum absolute atomic E-state index is 6.60. The molecule has 4 aliphatic rings. The molecule has 4 aliphatic carbocycles. The fourth-order valence-corrected chi connectivity index (χ4v) is 10.1. The van der Waals surface area contributed by atoms with Crippen molar-refractivity contribution < 1.29 is 0 Å². The van der Waals surface area contributed by atoms with E-state index < -0.39 is 0 Å². The van der Waals surface area contributed by atoms with Gasteiger partial charge in [0.1, 0.15) is 0 Å². The van der Waals surface area contributed by atoms with E-state index in [1.165, 1.54) is 81.8 Å². The Kier molecular flexibility index (Phi) is 7.04. The van der Waals surface area contributed by atoms with Gasteiger partial charge in [0, 0.05) is 5.02 Å². The Bertz CT molecular complexity index is 898. The Balaban J connectivity index is 1.31. The maximum atomic E-state index is 6.60. The fraction of sp³-hybridized carbons (Fsp3) is 0.758. The average molecular weight is 481 g/mol. The lowest BCUT2D eigenvalue weighted by molar-refractivity contribution is -0.0999. The first-order valence-electron chi connectivity index (χ1n) is 14.7. The highest BCUT2D eigenvalue weighted by molar-refractivity contribution is 6.32. The van der Waals surface area contributed by atoms with Gasteiger partial charge in [0.15, 0.2) is 0 Å². The normalized spacial score (nSPS) is 40.3. The average Bonchev–Trinajstić information content (AvgIpc) is 3.16.